The molecule has 0 spiro atoms. The van der Waals surface area contributed by atoms with Crippen LogP contribution >= 0.6 is 0 Å². The van der Waals surface area contributed by atoms with Gasteiger partial charge in [-0.2, -0.15) is 0 Å². The highest BCUT2D eigenvalue weighted by Gasteiger charge is 2.35. The quantitative estimate of drug-likeness (QED) is 0.898. The Hall–Kier alpha value is -1.09. The highest BCUT2D eigenvalue weighted by Crippen LogP contribution is 2.30. The molecule has 3 nitrogen and oxygen atoms in total. The maximum Gasteiger partial charge on any atom is 0.0605 e. The summed E-state index contributed by atoms with van der Waals surface area (Å²) in [5.41, 5.74) is 2.70. The van der Waals surface area contributed by atoms with Crippen molar-refractivity contribution in [3.05, 3.63) is 24.0 Å². The van der Waals surface area contributed by atoms with Crippen molar-refractivity contribution in [3.8, 4) is 0 Å². The molecular weight excluding hydrogens is 246 g/mol. The van der Waals surface area contributed by atoms with Crippen LogP contribution in [0.25, 0.3) is 0 Å². The van der Waals surface area contributed by atoms with Crippen LogP contribution in [0.3, 0.4) is 0 Å². The number of hydrogen-bond donors (Lipinski definition) is 1. The molecule has 1 fully saturated rings. The Morgan fingerprint density at radius 2 is 2.05 bits per heavy atom. The molecule has 2 unspecified atom stereocenters. The van der Waals surface area contributed by atoms with Gasteiger partial charge in [0.15, 0.2) is 0 Å². The van der Waals surface area contributed by atoms with Gasteiger partial charge in [0.05, 0.1) is 11.4 Å². The van der Waals surface area contributed by atoms with Crippen LogP contribution in [0.4, 0.5) is 5.69 Å². The van der Waals surface area contributed by atoms with E-state index in [2.05, 4.69) is 62.8 Å². The summed E-state index contributed by atoms with van der Waals surface area (Å²) < 4.78 is 0. The molecule has 2 heterocycles. The topological polar surface area (TPSA) is 28.2 Å². The minimum Gasteiger partial charge on any atom is -0.364 e. The number of pyridine rings is 1. The summed E-state index contributed by atoms with van der Waals surface area (Å²) in [6.07, 6.45) is 1.88. The van der Waals surface area contributed by atoms with Gasteiger partial charge in [0.1, 0.15) is 0 Å². The molecule has 2 atom stereocenters. The number of nitrogens with one attached hydrogen (secondary N) is 1. The number of aryl methyl sites for hydroxylation is 1. The highest BCUT2D eigenvalue weighted by atomic mass is 15.2. The minimum absolute atomic E-state index is 0.274. The van der Waals surface area contributed by atoms with E-state index >= 15 is 0 Å². The van der Waals surface area contributed by atoms with Crippen LogP contribution in [0, 0.1) is 18.3 Å². The maximum atomic E-state index is 4.47. The van der Waals surface area contributed by atoms with E-state index in [0.717, 1.165) is 18.8 Å². The second kappa shape index (κ2) is 5.72. The van der Waals surface area contributed by atoms with E-state index in [4.69, 9.17) is 0 Å². The number of rotatable bonds is 2. The van der Waals surface area contributed by atoms with Gasteiger partial charge in [0, 0.05) is 31.4 Å². The second-order valence-electron chi connectivity index (χ2n) is 7.40. The largest absolute Gasteiger partial charge is 0.364 e. The summed E-state index contributed by atoms with van der Waals surface area (Å²) in [4.78, 5) is 7.04. The van der Waals surface area contributed by atoms with Crippen molar-refractivity contribution in [1.82, 2.24) is 10.3 Å². The fourth-order valence-electron chi connectivity index (χ4n) is 3.00. The summed E-state index contributed by atoms with van der Waals surface area (Å²) >= 11 is 0. The lowest BCUT2D eigenvalue weighted by Crippen LogP contribution is -2.62. The molecule has 0 amide bonds. The third kappa shape index (κ3) is 3.14. The molecule has 0 saturated carbocycles. The predicted octanol–water partition coefficient (Wildman–Crippen LogP) is 3.24. The van der Waals surface area contributed by atoms with E-state index in [-0.39, 0.29) is 5.41 Å². The molecule has 1 saturated heterocycles. The average molecular weight is 275 g/mol. The number of anilines is 1. The van der Waals surface area contributed by atoms with Crippen LogP contribution in [0.1, 0.15) is 40.3 Å². The number of hydrogen-bond acceptors (Lipinski definition) is 3. The van der Waals surface area contributed by atoms with E-state index < -0.39 is 0 Å². The van der Waals surface area contributed by atoms with E-state index in [1.165, 1.54) is 5.69 Å². The van der Waals surface area contributed by atoms with Crippen LogP contribution < -0.4 is 10.2 Å². The third-order valence-electron chi connectivity index (χ3n) is 4.46. The van der Waals surface area contributed by atoms with Crippen molar-refractivity contribution >= 4 is 5.69 Å². The molecule has 0 radical (unpaired) electrons. The molecule has 0 aromatic carbocycles. The summed E-state index contributed by atoms with van der Waals surface area (Å²) in [7, 11) is 0. The zero-order valence-corrected chi connectivity index (χ0v) is 13.8. The van der Waals surface area contributed by atoms with Gasteiger partial charge in [0.25, 0.3) is 0 Å². The van der Waals surface area contributed by atoms with Crippen LogP contribution in [0.2, 0.25) is 0 Å². The standard InChI is InChI=1S/C17H29N3/c1-12(2)15-10-19-16(17(4,5)6)11-20(15)14-8-7-9-18-13(14)3/h7-9,12,15-16,19H,10-11H2,1-6H3. The van der Waals surface area contributed by atoms with Gasteiger partial charge in [-0.3, -0.25) is 4.98 Å². The summed E-state index contributed by atoms with van der Waals surface area (Å²) in [5, 5.41) is 3.75. The first-order valence-corrected chi connectivity index (χ1v) is 7.72. The number of aromatic nitrogens is 1. The normalized spacial score (nSPS) is 24.2. The minimum atomic E-state index is 0.274. The number of nitrogens with zero attached hydrogens (tertiary/aromatic N) is 2. The Bertz CT molecular complexity index is 448. The number of piperazine rings is 1. The summed E-state index contributed by atoms with van der Waals surface area (Å²) in [5.74, 6) is 0.628. The monoisotopic (exact) mass is 275 g/mol. The van der Waals surface area contributed by atoms with Crippen molar-refractivity contribution in [2.24, 2.45) is 11.3 Å². The smallest absolute Gasteiger partial charge is 0.0605 e. The van der Waals surface area contributed by atoms with Gasteiger partial charge in [0.2, 0.25) is 0 Å². The Morgan fingerprint density at radius 1 is 1.35 bits per heavy atom. The molecule has 20 heavy (non-hydrogen) atoms. The van der Waals surface area contributed by atoms with Crippen molar-refractivity contribution < 1.29 is 0 Å². The van der Waals surface area contributed by atoms with E-state index in [0.29, 0.717) is 18.0 Å². The lowest BCUT2D eigenvalue weighted by atomic mass is 9.83. The van der Waals surface area contributed by atoms with E-state index in [9.17, 15) is 0 Å². The molecule has 1 aromatic heterocycles. The molecule has 2 rings (SSSR count). The average Bonchev–Trinajstić information content (AvgIpc) is 2.37. The molecule has 1 aliphatic heterocycles. The Labute approximate surface area is 123 Å². The second-order valence-corrected chi connectivity index (χ2v) is 7.40. The molecule has 112 valence electrons. The van der Waals surface area contributed by atoms with Crippen molar-refractivity contribution in [3.63, 3.8) is 0 Å². The van der Waals surface area contributed by atoms with Crippen LogP contribution in [-0.4, -0.2) is 30.2 Å². The van der Waals surface area contributed by atoms with Crippen LogP contribution in [0.15, 0.2) is 18.3 Å². The van der Waals surface area contributed by atoms with Gasteiger partial charge < -0.3 is 10.2 Å². The summed E-state index contributed by atoms with van der Waals surface area (Å²) in [6.45, 7) is 15.8. The molecule has 0 bridgehead atoms. The van der Waals surface area contributed by atoms with Gasteiger partial charge in [-0.05, 0) is 30.4 Å². The van der Waals surface area contributed by atoms with Gasteiger partial charge in [-0.15, -0.1) is 0 Å². The zero-order chi connectivity index (χ0) is 14.9. The highest BCUT2D eigenvalue weighted by molar-refractivity contribution is 5.52. The maximum absolute atomic E-state index is 4.47. The lowest BCUT2D eigenvalue weighted by molar-refractivity contribution is 0.220. The van der Waals surface area contributed by atoms with Gasteiger partial charge >= 0.3 is 0 Å². The molecular formula is C17H29N3. The van der Waals surface area contributed by atoms with Crippen molar-refractivity contribution in [1.29, 1.82) is 0 Å². The first kappa shape index (κ1) is 15.3. The zero-order valence-electron chi connectivity index (χ0n) is 13.8. The van der Waals surface area contributed by atoms with E-state index in [1.807, 2.05) is 12.3 Å². The first-order valence-electron chi connectivity index (χ1n) is 7.72. The molecule has 1 aliphatic rings. The lowest BCUT2D eigenvalue weighted by Gasteiger charge is -2.47. The van der Waals surface area contributed by atoms with Gasteiger partial charge in [-0.25, -0.2) is 0 Å². The Morgan fingerprint density at radius 3 is 2.60 bits per heavy atom. The van der Waals surface area contributed by atoms with Crippen LogP contribution in [-0.2, 0) is 0 Å². The summed E-state index contributed by atoms with van der Waals surface area (Å²) in [6, 6.07) is 5.31. The Kier molecular flexibility index (Phi) is 4.38. The van der Waals surface area contributed by atoms with Crippen molar-refractivity contribution in [2.45, 2.75) is 53.6 Å². The molecule has 3 heteroatoms. The molecule has 1 N–H and O–H groups in total. The predicted molar refractivity (Wildman–Crippen MR) is 86.2 cm³/mol. The molecule has 0 aliphatic carbocycles. The fraction of sp³-hybridized carbons (Fsp3) is 0.706. The fourth-order valence-corrected chi connectivity index (χ4v) is 3.00. The van der Waals surface area contributed by atoms with E-state index in [1.54, 1.807) is 0 Å². The first-order chi connectivity index (χ1) is 9.30. The Balaban J connectivity index is 2.31. The van der Waals surface area contributed by atoms with Crippen LogP contribution in [0.5, 0.6) is 0 Å². The SMILES string of the molecule is Cc1ncccc1N1CC(C(C)(C)C)NCC1C(C)C. The third-order valence-corrected chi connectivity index (χ3v) is 4.46. The van der Waals surface area contributed by atoms with Gasteiger partial charge in [-0.1, -0.05) is 34.6 Å². The molecule has 1 aromatic rings. The van der Waals surface area contributed by atoms with Crippen molar-refractivity contribution in [2.75, 3.05) is 18.0 Å².